The largest absolute Gasteiger partial charge is 0.469 e. The monoisotopic (exact) mass is 276 g/mol. The summed E-state index contributed by atoms with van der Waals surface area (Å²) in [6, 6.07) is 3.92. The molecule has 0 spiro atoms. The molecule has 1 aromatic rings. The topological polar surface area (TPSA) is 60.8 Å². The molecule has 1 aromatic heterocycles. The van der Waals surface area contributed by atoms with Crippen molar-refractivity contribution in [2.45, 2.75) is 44.6 Å². The van der Waals surface area contributed by atoms with Gasteiger partial charge in [-0.2, -0.15) is 0 Å². The molecule has 5 heteroatoms. The van der Waals surface area contributed by atoms with E-state index in [1.54, 1.807) is 12.4 Å². The average Bonchev–Trinajstić information content (AvgIpc) is 2.96. The molecule has 1 aliphatic heterocycles. The fourth-order valence-electron chi connectivity index (χ4n) is 2.21. The Morgan fingerprint density at radius 3 is 2.90 bits per heavy atom. The standard InChI is InChI=1S/C15H20N2O3/c1-19-15(18)6-4-2-3-5-13-11-14(20-17-13)12-7-9-16-10-8-12/h7-10,14H,2-6,11H2,1H3. The van der Waals surface area contributed by atoms with E-state index in [1.807, 2.05) is 12.1 Å². The molecule has 0 saturated carbocycles. The molecule has 0 bridgehead atoms. The smallest absolute Gasteiger partial charge is 0.305 e. The van der Waals surface area contributed by atoms with E-state index in [0.717, 1.165) is 43.4 Å². The first kappa shape index (κ1) is 14.5. The summed E-state index contributed by atoms with van der Waals surface area (Å²) in [6.07, 6.45) is 8.75. The molecule has 1 unspecified atom stereocenters. The number of methoxy groups -OCH3 is 1. The molecular formula is C15H20N2O3. The molecule has 0 fully saturated rings. The second-order valence-corrected chi connectivity index (χ2v) is 4.87. The van der Waals surface area contributed by atoms with Crippen molar-refractivity contribution in [1.82, 2.24) is 4.98 Å². The van der Waals surface area contributed by atoms with Gasteiger partial charge in [0.15, 0.2) is 6.10 Å². The molecule has 0 aromatic carbocycles. The highest BCUT2D eigenvalue weighted by molar-refractivity contribution is 5.85. The minimum atomic E-state index is -0.135. The van der Waals surface area contributed by atoms with Gasteiger partial charge in [-0.15, -0.1) is 0 Å². The van der Waals surface area contributed by atoms with Crippen molar-refractivity contribution in [3.8, 4) is 0 Å². The summed E-state index contributed by atoms with van der Waals surface area (Å²) in [7, 11) is 1.42. The minimum Gasteiger partial charge on any atom is -0.469 e. The Balaban J connectivity index is 1.63. The van der Waals surface area contributed by atoms with Gasteiger partial charge in [-0.05, 0) is 37.0 Å². The van der Waals surface area contributed by atoms with Gasteiger partial charge in [0, 0.05) is 25.2 Å². The van der Waals surface area contributed by atoms with Crippen LogP contribution < -0.4 is 0 Å². The normalized spacial score (nSPS) is 17.4. The second-order valence-electron chi connectivity index (χ2n) is 4.87. The highest BCUT2D eigenvalue weighted by atomic mass is 16.6. The first-order valence-electron chi connectivity index (χ1n) is 6.98. The van der Waals surface area contributed by atoms with E-state index in [-0.39, 0.29) is 12.1 Å². The fourth-order valence-corrected chi connectivity index (χ4v) is 2.21. The maximum atomic E-state index is 11.0. The van der Waals surface area contributed by atoms with Crippen molar-refractivity contribution in [2.24, 2.45) is 5.16 Å². The maximum Gasteiger partial charge on any atom is 0.305 e. The van der Waals surface area contributed by atoms with Crippen LogP contribution in [0.15, 0.2) is 29.7 Å². The quantitative estimate of drug-likeness (QED) is 0.567. The molecule has 0 N–H and O–H groups in total. The predicted octanol–water partition coefficient (Wildman–Crippen LogP) is 3.02. The summed E-state index contributed by atoms with van der Waals surface area (Å²) >= 11 is 0. The number of unbranched alkanes of at least 4 members (excludes halogenated alkanes) is 2. The third kappa shape index (κ3) is 4.33. The number of hydrogen-bond acceptors (Lipinski definition) is 5. The Hall–Kier alpha value is -1.91. The summed E-state index contributed by atoms with van der Waals surface area (Å²) in [6.45, 7) is 0. The molecular weight excluding hydrogens is 256 g/mol. The lowest BCUT2D eigenvalue weighted by Crippen LogP contribution is -2.01. The van der Waals surface area contributed by atoms with Crippen LogP contribution in [0.1, 0.15) is 50.2 Å². The number of aromatic nitrogens is 1. The van der Waals surface area contributed by atoms with Crippen molar-refractivity contribution < 1.29 is 14.4 Å². The Morgan fingerprint density at radius 2 is 2.15 bits per heavy atom. The second kappa shape index (κ2) is 7.62. The van der Waals surface area contributed by atoms with Gasteiger partial charge in [-0.25, -0.2) is 0 Å². The van der Waals surface area contributed by atoms with Gasteiger partial charge in [-0.1, -0.05) is 11.6 Å². The number of carbonyl (C=O) groups is 1. The highest BCUT2D eigenvalue weighted by Gasteiger charge is 2.22. The van der Waals surface area contributed by atoms with Crippen molar-refractivity contribution in [2.75, 3.05) is 7.11 Å². The van der Waals surface area contributed by atoms with Gasteiger partial charge in [0.2, 0.25) is 0 Å². The van der Waals surface area contributed by atoms with Crippen LogP contribution in [-0.2, 0) is 14.4 Å². The number of esters is 1. The van der Waals surface area contributed by atoms with Crippen molar-refractivity contribution in [3.63, 3.8) is 0 Å². The van der Waals surface area contributed by atoms with Crippen LogP contribution in [0.3, 0.4) is 0 Å². The van der Waals surface area contributed by atoms with Crippen LogP contribution >= 0.6 is 0 Å². The molecule has 20 heavy (non-hydrogen) atoms. The predicted molar refractivity (Wildman–Crippen MR) is 75.2 cm³/mol. The van der Waals surface area contributed by atoms with Gasteiger partial charge in [-0.3, -0.25) is 9.78 Å². The first-order chi connectivity index (χ1) is 9.79. The van der Waals surface area contributed by atoms with E-state index in [9.17, 15) is 4.79 Å². The lowest BCUT2D eigenvalue weighted by Gasteiger charge is -2.07. The van der Waals surface area contributed by atoms with E-state index < -0.39 is 0 Å². The van der Waals surface area contributed by atoms with Gasteiger partial charge < -0.3 is 9.57 Å². The third-order valence-corrected chi connectivity index (χ3v) is 3.38. The number of carbonyl (C=O) groups excluding carboxylic acids is 1. The summed E-state index contributed by atoms with van der Waals surface area (Å²) in [5.41, 5.74) is 2.22. The van der Waals surface area contributed by atoms with Crippen molar-refractivity contribution >= 4 is 11.7 Å². The minimum absolute atomic E-state index is 0.0306. The third-order valence-electron chi connectivity index (χ3n) is 3.38. The summed E-state index contributed by atoms with van der Waals surface area (Å²) in [4.78, 5) is 20.4. The molecule has 0 radical (unpaired) electrons. The fraction of sp³-hybridized carbons (Fsp3) is 0.533. The first-order valence-corrected chi connectivity index (χ1v) is 6.98. The van der Waals surface area contributed by atoms with Gasteiger partial charge in [0.1, 0.15) is 0 Å². The Morgan fingerprint density at radius 1 is 1.35 bits per heavy atom. The lowest BCUT2D eigenvalue weighted by molar-refractivity contribution is -0.140. The van der Waals surface area contributed by atoms with Gasteiger partial charge >= 0.3 is 5.97 Å². The van der Waals surface area contributed by atoms with Crippen molar-refractivity contribution in [1.29, 1.82) is 0 Å². The van der Waals surface area contributed by atoms with Crippen LogP contribution in [0.25, 0.3) is 0 Å². The molecule has 0 amide bonds. The zero-order chi connectivity index (χ0) is 14.2. The molecule has 2 rings (SSSR count). The van der Waals surface area contributed by atoms with Crippen molar-refractivity contribution in [3.05, 3.63) is 30.1 Å². The van der Waals surface area contributed by atoms with Crippen LogP contribution in [-0.4, -0.2) is 23.8 Å². The van der Waals surface area contributed by atoms with E-state index in [1.165, 1.54) is 7.11 Å². The lowest BCUT2D eigenvalue weighted by atomic mass is 10.0. The summed E-state index contributed by atoms with van der Waals surface area (Å²) in [5.74, 6) is -0.135. The summed E-state index contributed by atoms with van der Waals surface area (Å²) < 4.78 is 4.61. The molecule has 0 saturated heterocycles. The highest BCUT2D eigenvalue weighted by Crippen LogP contribution is 2.28. The summed E-state index contributed by atoms with van der Waals surface area (Å²) in [5, 5.41) is 4.15. The Labute approximate surface area is 119 Å². The van der Waals surface area contributed by atoms with E-state index in [4.69, 9.17) is 4.84 Å². The average molecular weight is 276 g/mol. The van der Waals surface area contributed by atoms with Crippen LogP contribution in [0, 0.1) is 0 Å². The van der Waals surface area contributed by atoms with Crippen LogP contribution in [0.4, 0.5) is 0 Å². The van der Waals surface area contributed by atoms with Crippen LogP contribution in [0.5, 0.6) is 0 Å². The van der Waals surface area contributed by atoms with Gasteiger partial charge in [0.05, 0.1) is 12.8 Å². The molecule has 0 aliphatic carbocycles. The molecule has 1 atom stereocenters. The zero-order valence-corrected chi connectivity index (χ0v) is 11.7. The van der Waals surface area contributed by atoms with E-state index >= 15 is 0 Å². The number of ether oxygens (including phenoxy) is 1. The molecule has 108 valence electrons. The van der Waals surface area contributed by atoms with Crippen LogP contribution in [0.2, 0.25) is 0 Å². The van der Waals surface area contributed by atoms with E-state index in [2.05, 4.69) is 14.9 Å². The van der Waals surface area contributed by atoms with Gasteiger partial charge in [0.25, 0.3) is 0 Å². The number of pyridine rings is 1. The number of hydrogen-bond donors (Lipinski definition) is 0. The maximum absolute atomic E-state index is 11.0. The number of rotatable bonds is 7. The Bertz CT molecular complexity index is 459. The molecule has 1 aliphatic rings. The van der Waals surface area contributed by atoms with E-state index in [0.29, 0.717) is 6.42 Å². The SMILES string of the molecule is COC(=O)CCCCCC1=NOC(c2ccncc2)C1. The zero-order valence-electron chi connectivity index (χ0n) is 11.7. The molecule has 2 heterocycles. The number of nitrogens with zero attached hydrogens (tertiary/aromatic N) is 2. The Kier molecular flexibility index (Phi) is 5.53. The number of oxime groups is 1. The molecule has 5 nitrogen and oxygen atoms in total.